The van der Waals surface area contributed by atoms with E-state index in [-0.39, 0.29) is 17.9 Å². The average Bonchev–Trinajstić information content (AvgIpc) is 2.56. The van der Waals surface area contributed by atoms with E-state index in [1.807, 2.05) is 44.2 Å². The van der Waals surface area contributed by atoms with Crippen LogP contribution >= 0.6 is 0 Å². The molecule has 4 heteroatoms. The lowest BCUT2D eigenvalue weighted by atomic mass is 9.80. The summed E-state index contributed by atoms with van der Waals surface area (Å²) in [5, 5.41) is 2.82. The Labute approximate surface area is 101 Å². The highest BCUT2D eigenvalue weighted by Crippen LogP contribution is 2.35. The molecule has 1 N–H and O–H groups in total. The number of carbonyl (C=O) groups is 2. The number of carbonyl (C=O) groups excluding carboxylic acids is 2. The second-order valence-corrected chi connectivity index (χ2v) is 4.62. The predicted molar refractivity (Wildman–Crippen MR) is 64.3 cm³/mol. The molecule has 3 amide bonds. The highest BCUT2D eigenvalue weighted by atomic mass is 16.2. The summed E-state index contributed by atoms with van der Waals surface area (Å²) < 4.78 is 0. The Morgan fingerprint density at radius 1 is 1.18 bits per heavy atom. The van der Waals surface area contributed by atoms with E-state index in [1.54, 1.807) is 0 Å². The molecule has 0 aliphatic carbocycles. The topological polar surface area (TPSA) is 49.4 Å². The van der Waals surface area contributed by atoms with Crippen molar-refractivity contribution < 1.29 is 9.59 Å². The van der Waals surface area contributed by atoms with Crippen molar-refractivity contribution in [1.29, 1.82) is 0 Å². The smallest absolute Gasteiger partial charge is 0.319 e. The highest BCUT2D eigenvalue weighted by Gasteiger charge is 2.52. The summed E-state index contributed by atoms with van der Waals surface area (Å²) in [6.45, 7) is 3.87. The molecule has 17 heavy (non-hydrogen) atoms. The van der Waals surface area contributed by atoms with Gasteiger partial charge in [-0.25, -0.2) is 4.79 Å². The van der Waals surface area contributed by atoms with Gasteiger partial charge >= 0.3 is 6.03 Å². The zero-order valence-electron chi connectivity index (χ0n) is 10.2. The first-order chi connectivity index (χ1) is 8.00. The lowest BCUT2D eigenvalue weighted by Gasteiger charge is -2.31. The Morgan fingerprint density at radius 3 is 2.18 bits per heavy atom. The number of nitrogens with one attached hydrogen (secondary N) is 1. The number of rotatable bonds is 2. The summed E-state index contributed by atoms with van der Waals surface area (Å²) in [4.78, 5) is 25.1. The Balaban J connectivity index is 2.57. The maximum absolute atomic E-state index is 12.3. The molecule has 1 atom stereocenters. The van der Waals surface area contributed by atoms with E-state index in [2.05, 4.69) is 5.32 Å². The van der Waals surface area contributed by atoms with Crippen molar-refractivity contribution in [2.45, 2.75) is 19.4 Å². The number of benzene rings is 1. The van der Waals surface area contributed by atoms with Crippen molar-refractivity contribution in [3.63, 3.8) is 0 Å². The standard InChI is InChI=1S/C13H16N2O2/c1-9(2)13(10-7-5-4-6-8-10)11(16)15(3)12(17)14-13/h4-9H,1-3H3,(H,14,17). The molecule has 0 bridgehead atoms. The zero-order valence-corrected chi connectivity index (χ0v) is 10.2. The van der Waals surface area contributed by atoms with Crippen molar-refractivity contribution in [1.82, 2.24) is 10.2 Å². The number of amides is 3. The minimum absolute atomic E-state index is 0.00806. The van der Waals surface area contributed by atoms with Crippen LogP contribution in [0.2, 0.25) is 0 Å². The molecular formula is C13H16N2O2. The molecule has 0 radical (unpaired) electrons. The van der Waals surface area contributed by atoms with Gasteiger partial charge in [0.1, 0.15) is 5.54 Å². The van der Waals surface area contributed by atoms with Crippen LogP contribution in [0.25, 0.3) is 0 Å². The van der Waals surface area contributed by atoms with Gasteiger partial charge in [0.05, 0.1) is 0 Å². The second kappa shape index (κ2) is 3.87. The van der Waals surface area contributed by atoms with Crippen molar-refractivity contribution in [2.75, 3.05) is 7.05 Å². The summed E-state index contributed by atoms with van der Waals surface area (Å²) in [6.07, 6.45) is 0. The molecule has 1 aromatic carbocycles. The Kier molecular flexibility index (Phi) is 2.65. The molecule has 0 saturated carbocycles. The van der Waals surface area contributed by atoms with Gasteiger partial charge in [-0.15, -0.1) is 0 Å². The molecule has 1 aromatic rings. The van der Waals surface area contributed by atoms with Crippen molar-refractivity contribution in [3.8, 4) is 0 Å². The first-order valence-corrected chi connectivity index (χ1v) is 5.66. The molecule has 1 heterocycles. The molecule has 2 rings (SSSR count). The van der Waals surface area contributed by atoms with Gasteiger partial charge in [0.25, 0.3) is 5.91 Å². The molecule has 0 spiro atoms. The first-order valence-electron chi connectivity index (χ1n) is 5.66. The third-order valence-electron chi connectivity index (χ3n) is 3.35. The highest BCUT2D eigenvalue weighted by molar-refractivity contribution is 6.07. The van der Waals surface area contributed by atoms with Crippen LogP contribution in [0.15, 0.2) is 30.3 Å². The normalized spacial score (nSPS) is 24.4. The number of hydrogen-bond acceptors (Lipinski definition) is 2. The minimum Gasteiger partial charge on any atom is -0.319 e. The van der Waals surface area contributed by atoms with E-state index in [1.165, 1.54) is 7.05 Å². The van der Waals surface area contributed by atoms with Crippen LogP contribution in [-0.2, 0) is 10.3 Å². The van der Waals surface area contributed by atoms with Crippen LogP contribution < -0.4 is 5.32 Å². The summed E-state index contributed by atoms with van der Waals surface area (Å²) in [5.41, 5.74) is -0.0923. The van der Waals surface area contributed by atoms with Gasteiger partial charge in [0.2, 0.25) is 0 Å². The fourth-order valence-electron chi connectivity index (χ4n) is 2.28. The van der Waals surface area contributed by atoms with Crippen LogP contribution in [0.3, 0.4) is 0 Å². The fraction of sp³-hybridized carbons (Fsp3) is 0.385. The third-order valence-corrected chi connectivity index (χ3v) is 3.35. The molecule has 4 nitrogen and oxygen atoms in total. The van der Waals surface area contributed by atoms with Crippen molar-refractivity contribution >= 4 is 11.9 Å². The predicted octanol–water partition coefficient (Wildman–Crippen LogP) is 1.72. The van der Waals surface area contributed by atoms with Crippen LogP contribution in [0.5, 0.6) is 0 Å². The molecule has 0 aromatic heterocycles. The fourth-order valence-corrected chi connectivity index (χ4v) is 2.28. The Morgan fingerprint density at radius 2 is 1.76 bits per heavy atom. The Bertz CT molecular complexity index is 456. The Hall–Kier alpha value is -1.84. The van der Waals surface area contributed by atoms with Crippen LogP contribution in [0.1, 0.15) is 19.4 Å². The molecular weight excluding hydrogens is 216 g/mol. The van der Waals surface area contributed by atoms with Gasteiger partial charge in [-0.3, -0.25) is 9.69 Å². The van der Waals surface area contributed by atoms with Crippen molar-refractivity contribution in [2.24, 2.45) is 5.92 Å². The average molecular weight is 232 g/mol. The van der Waals surface area contributed by atoms with Gasteiger partial charge in [-0.2, -0.15) is 0 Å². The van der Waals surface area contributed by atoms with Crippen LogP contribution in [0, 0.1) is 5.92 Å². The summed E-state index contributed by atoms with van der Waals surface area (Å²) in [7, 11) is 1.50. The zero-order chi connectivity index (χ0) is 12.6. The van der Waals surface area contributed by atoms with E-state index in [0.29, 0.717) is 0 Å². The van der Waals surface area contributed by atoms with E-state index in [0.717, 1.165) is 10.5 Å². The molecule has 90 valence electrons. The SMILES string of the molecule is CC(C)C1(c2ccccc2)NC(=O)N(C)C1=O. The monoisotopic (exact) mass is 232 g/mol. The number of likely N-dealkylation sites (N-methyl/N-ethyl adjacent to an activating group) is 1. The maximum Gasteiger partial charge on any atom is 0.325 e. The quantitative estimate of drug-likeness (QED) is 0.789. The van der Waals surface area contributed by atoms with E-state index in [9.17, 15) is 9.59 Å². The molecule has 1 saturated heterocycles. The second-order valence-electron chi connectivity index (χ2n) is 4.62. The van der Waals surface area contributed by atoms with E-state index >= 15 is 0 Å². The van der Waals surface area contributed by atoms with Gasteiger partial charge < -0.3 is 5.32 Å². The molecule has 1 aliphatic heterocycles. The van der Waals surface area contributed by atoms with Crippen LogP contribution in [-0.4, -0.2) is 23.9 Å². The van der Waals surface area contributed by atoms with Gasteiger partial charge in [0.15, 0.2) is 0 Å². The summed E-state index contributed by atoms with van der Waals surface area (Å²) >= 11 is 0. The largest absolute Gasteiger partial charge is 0.325 e. The van der Waals surface area contributed by atoms with Crippen molar-refractivity contribution in [3.05, 3.63) is 35.9 Å². The number of hydrogen-bond donors (Lipinski definition) is 1. The summed E-state index contributed by atoms with van der Waals surface area (Å²) in [5.74, 6) is -0.199. The maximum atomic E-state index is 12.3. The first kappa shape index (κ1) is 11.6. The van der Waals surface area contributed by atoms with Gasteiger partial charge in [0, 0.05) is 7.05 Å². The minimum atomic E-state index is -0.924. The van der Waals surface area contributed by atoms with Gasteiger partial charge in [-0.05, 0) is 11.5 Å². The molecule has 1 fully saturated rings. The number of nitrogens with zero attached hydrogens (tertiary/aromatic N) is 1. The lowest BCUT2D eigenvalue weighted by Crippen LogP contribution is -2.48. The molecule has 1 aliphatic rings. The van der Waals surface area contributed by atoms with E-state index in [4.69, 9.17) is 0 Å². The number of urea groups is 1. The third kappa shape index (κ3) is 1.52. The summed E-state index contributed by atoms with van der Waals surface area (Å²) in [6, 6.07) is 9.04. The van der Waals surface area contributed by atoms with Gasteiger partial charge in [-0.1, -0.05) is 44.2 Å². The lowest BCUT2D eigenvalue weighted by molar-refractivity contribution is -0.132. The van der Waals surface area contributed by atoms with E-state index < -0.39 is 5.54 Å². The number of imide groups is 1. The molecule has 1 unspecified atom stereocenters. The van der Waals surface area contributed by atoms with Crippen LogP contribution in [0.4, 0.5) is 4.79 Å².